The van der Waals surface area contributed by atoms with Crippen molar-refractivity contribution in [1.82, 2.24) is 20.3 Å². The highest BCUT2D eigenvalue weighted by Crippen LogP contribution is 2.20. The lowest BCUT2D eigenvalue weighted by Crippen LogP contribution is -2.17. The van der Waals surface area contributed by atoms with Gasteiger partial charge in [0.2, 0.25) is 0 Å². The summed E-state index contributed by atoms with van der Waals surface area (Å²) in [6.45, 7) is 2.51. The number of nitrogens with zero attached hydrogens (tertiary/aromatic N) is 3. The number of aromatic nitrogens is 3. The third-order valence-corrected chi connectivity index (χ3v) is 3.13. The molecule has 1 aromatic carbocycles. The normalized spacial score (nSPS) is 10.8. The molecule has 2 aromatic rings. The van der Waals surface area contributed by atoms with E-state index in [9.17, 15) is 0 Å². The van der Waals surface area contributed by atoms with Gasteiger partial charge in [-0.2, -0.15) is 0 Å². The summed E-state index contributed by atoms with van der Waals surface area (Å²) in [6.07, 6.45) is 4.53. The van der Waals surface area contributed by atoms with Gasteiger partial charge in [0.05, 0.1) is 6.20 Å². The summed E-state index contributed by atoms with van der Waals surface area (Å²) in [5.74, 6) is 0. The molecule has 1 N–H and O–H groups in total. The smallest absolute Gasteiger partial charge is 0.0692 e. The van der Waals surface area contributed by atoms with E-state index < -0.39 is 0 Å². The molecule has 0 fully saturated rings. The molecule has 18 heavy (non-hydrogen) atoms. The number of aryl methyl sites for hydroxylation is 1. The summed E-state index contributed by atoms with van der Waals surface area (Å²) in [7, 11) is 0. The second-order valence-electron chi connectivity index (χ2n) is 3.93. The molecule has 0 atom stereocenters. The number of nitrogens with one attached hydrogen (secondary N) is 1. The molecule has 0 unspecified atom stereocenters. The summed E-state index contributed by atoms with van der Waals surface area (Å²) < 4.78 is 1.82. The summed E-state index contributed by atoms with van der Waals surface area (Å²) in [4.78, 5) is 0. The molecule has 2 rings (SSSR count). The minimum absolute atomic E-state index is 0.662. The van der Waals surface area contributed by atoms with Gasteiger partial charge in [-0.05, 0) is 30.7 Å². The third-order valence-electron chi connectivity index (χ3n) is 2.54. The first-order chi connectivity index (χ1) is 8.75. The Balaban J connectivity index is 1.69. The van der Waals surface area contributed by atoms with E-state index in [0.29, 0.717) is 10.0 Å². The van der Waals surface area contributed by atoms with Crippen molar-refractivity contribution in [3.63, 3.8) is 0 Å². The topological polar surface area (TPSA) is 42.7 Å². The molecule has 0 spiro atoms. The zero-order valence-corrected chi connectivity index (χ0v) is 11.3. The maximum Gasteiger partial charge on any atom is 0.0692 e. The monoisotopic (exact) mass is 284 g/mol. The van der Waals surface area contributed by atoms with Crippen LogP contribution in [0.1, 0.15) is 12.0 Å². The van der Waals surface area contributed by atoms with E-state index in [4.69, 9.17) is 23.2 Å². The second kappa shape index (κ2) is 6.73. The van der Waals surface area contributed by atoms with Crippen molar-refractivity contribution >= 4 is 23.2 Å². The molecule has 0 saturated heterocycles. The molecule has 0 aliphatic rings. The Kier molecular flexibility index (Phi) is 4.99. The zero-order chi connectivity index (χ0) is 12.8. The average molecular weight is 285 g/mol. The molecule has 0 bridgehead atoms. The first kappa shape index (κ1) is 13.3. The molecule has 1 aromatic heterocycles. The maximum atomic E-state index is 6.08. The van der Waals surface area contributed by atoms with Crippen LogP contribution in [0.4, 0.5) is 0 Å². The summed E-state index contributed by atoms with van der Waals surface area (Å²) in [5, 5.41) is 12.3. The van der Waals surface area contributed by atoms with Crippen LogP contribution in [-0.2, 0) is 13.1 Å². The van der Waals surface area contributed by atoms with Crippen LogP contribution in [0.2, 0.25) is 10.0 Å². The minimum Gasteiger partial charge on any atom is -0.313 e. The van der Waals surface area contributed by atoms with Crippen LogP contribution < -0.4 is 5.32 Å². The van der Waals surface area contributed by atoms with Crippen molar-refractivity contribution in [2.45, 2.75) is 19.5 Å². The quantitative estimate of drug-likeness (QED) is 0.830. The molecule has 1 heterocycles. The molecule has 96 valence electrons. The number of halogens is 2. The highest BCUT2D eigenvalue weighted by molar-refractivity contribution is 6.35. The lowest BCUT2D eigenvalue weighted by molar-refractivity contribution is 0.530. The van der Waals surface area contributed by atoms with Crippen LogP contribution >= 0.6 is 23.2 Å². The lowest BCUT2D eigenvalue weighted by Gasteiger charge is -2.07. The molecule has 0 aliphatic carbocycles. The number of benzene rings is 1. The maximum absolute atomic E-state index is 6.08. The summed E-state index contributed by atoms with van der Waals surface area (Å²) in [5.41, 5.74) is 1.06. The van der Waals surface area contributed by atoms with Crippen LogP contribution in [-0.4, -0.2) is 21.5 Å². The first-order valence-electron chi connectivity index (χ1n) is 5.74. The Hall–Kier alpha value is -1.10. The summed E-state index contributed by atoms with van der Waals surface area (Å²) >= 11 is 11.9. The van der Waals surface area contributed by atoms with Gasteiger partial charge in [0.25, 0.3) is 0 Å². The van der Waals surface area contributed by atoms with Gasteiger partial charge >= 0.3 is 0 Å². The fourth-order valence-electron chi connectivity index (χ4n) is 1.61. The number of hydrogen-bond donors (Lipinski definition) is 1. The van der Waals surface area contributed by atoms with Gasteiger partial charge in [0.15, 0.2) is 0 Å². The number of rotatable bonds is 6. The van der Waals surface area contributed by atoms with Crippen molar-refractivity contribution in [3.8, 4) is 0 Å². The van der Waals surface area contributed by atoms with Crippen LogP contribution in [0.25, 0.3) is 0 Å². The Morgan fingerprint density at radius 2 is 2.17 bits per heavy atom. The van der Waals surface area contributed by atoms with E-state index in [-0.39, 0.29) is 0 Å². The third kappa shape index (κ3) is 3.98. The van der Waals surface area contributed by atoms with Gasteiger partial charge in [-0.1, -0.05) is 34.5 Å². The van der Waals surface area contributed by atoms with Gasteiger partial charge in [0, 0.05) is 29.3 Å². The van der Waals surface area contributed by atoms with Crippen molar-refractivity contribution < 1.29 is 0 Å². The standard InChI is InChI=1S/C12H14Cl2N4/c13-11-3-2-10(12(14)8-11)9-15-4-1-6-18-7-5-16-17-18/h2-3,5,7-8,15H,1,4,6,9H2. The SMILES string of the molecule is Clc1ccc(CNCCCn2ccnn2)c(Cl)c1. The molecular weight excluding hydrogens is 271 g/mol. The average Bonchev–Trinajstić information content (AvgIpc) is 2.84. The molecule has 6 heteroatoms. The number of hydrogen-bond acceptors (Lipinski definition) is 3. The van der Waals surface area contributed by atoms with E-state index in [0.717, 1.165) is 31.6 Å². The molecule has 4 nitrogen and oxygen atoms in total. The summed E-state index contributed by atoms with van der Waals surface area (Å²) in [6, 6.07) is 5.55. The van der Waals surface area contributed by atoms with E-state index >= 15 is 0 Å². The van der Waals surface area contributed by atoms with Gasteiger partial charge in [0.1, 0.15) is 0 Å². The Morgan fingerprint density at radius 3 is 2.89 bits per heavy atom. The van der Waals surface area contributed by atoms with Crippen LogP contribution in [0, 0.1) is 0 Å². The van der Waals surface area contributed by atoms with E-state index in [1.54, 1.807) is 12.3 Å². The van der Waals surface area contributed by atoms with Crippen molar-refractivity contribution in [3.05, 3.63) is 46.2 Å². The van der Waals surface area contributed by atoms with E-state index in [1.807, 2.05) is 23.0 Å². The van der Waals surface area contributed by atoms with Gasteiger partial charge in [-0.15, -0.1) is 5.10 Å². The molecule has 0 aliphatic heterocycles. The predicted molar refractivity (Wildman–Crippen MR) is 72.8 cm³/mol. The highest BCUT2D eigenvalue weighted by atomic mass is 35.5. The highest BCUT2D eigenvalue weighted by Gasteiger charge is 2.00. The van der Waals surface area contributed by atoms with E-state index in [2.05, 4.69) is 15.6 Å². The lowest BCUT2D eigenvalue weighted by atomic mass is 10.2. The van der Waals surface area contributed by atoms with Gasteiger partial charge in [-0.3, -0.25) is 4.68 Å². The van der Waals surface area contributed by atoms with Crippen LogP contribution in [0.5, 0.6) is 0 Å². The molecule has 0 amide bonds. The molecule has 0 saturated carbocycles. The Morgan fingerprint density at radius 1 is 1.28 bits per heavy atom. The largest absolute Gasteiger partial charge is 0.313 e. The van der Waals surface area contributed by atoms with Crippen LogP contribution in [0.3, 0.4) is 0 Å². The van der Waals surface area contributed by atoms with Crippen LogP contribution in [0.15, 0.2) is 30.6 Å². The zero-order valence-electron chi connectivity index (χ0n) is 9.81. The van der Waals surface area contributed by atoms with Crippen molar-refractivity contribution in [2.75, 3.05) is 6.54 Å². The Labute approximate surface area is 116 Å². The predicted octanol–water partition coefficient (Wildman–Crippen LogP) is 2.76. The Bertz CT molecular complexity index is 485. The van der Waals surface area contributed by atoms with E-state index in [1.165, 1.54) is 0 Å². The second-order valence-corrected chi connectivity index (χ2v) is 4.78. The first-order valence-corrected chi connectivity index (χ1v) is 6.50. The molecule has 0 radical (unpaired) electrons. The molecular formula is C12H14Cl2N4. The van der Waals surface area contributed by atoms with Gasteiger partial charge < -0.3 is 5.32 Å². The fraction of sp³-hybridized carbons (Fsp3) is 0.333. The minimum atomic E-state index is 0.662. The van der Waals surface area contributed by atoms with Crippen molar-refractivity contribution in [2.24, 2.45) is 0 Å². The fourth-order valence-corrected chi connectivity index (χ4v) is 2.08. The van der Waals surface area contributed by atoms with Crippen molar-refractivity contribution in [1.29, 1.82) is 0 Å². The van der Waals surface area contributed by atoms with Gasteiger partial charge in [-0.25, -0.2) is 0 Å².